The predicted octanol–water partition coefficient (Wildman–Crippen LogP) is 5.26. The maximum atomic E-state index is 13.0. The minimum atomic E-state index is -0.642. The molecule has 1 atom stereocenters. The lowest BCUT2D eigenvalue weighted by atomic mass is 10.0. The highest BCUT2D eigenvalue weighted by Gasteiger charge is 2.30. The zero-order chi connectivity index (χ0) is 26.1. The van der Waals surface area contributed by atoms with Crippen molar-refractivity contribution in [3.63, 3.8) is 0 Å². The highest BCUT2D eigenvalue weighted by Crippen LogP contribution is 2.39. The summed E-state index contributed by atoms with van der Waals surface area (Å²) in [5, 5.41) is 0. The number of rotatable bonds is 6. The summed E-state index contributed by atoms with van der Waals surface area (Å²) in [5.41, 5.74) is 2.32. The van der Waals surface area contributed by atoms with Crippen molar-refractivity contribution in [1.29, 1.82) is 0 Å². The van der Waals surface area contributed by atoms with E-state index in [-0.39, 0.29) is 29.0 Å². The molecule has 0 amide bonds. The maximum Gasteiger partial charge on any atom is 0.343 e. The number of para-hydroxylation sites is 1. The van der Waals surface area contributed by atoms with Crippen molar-refractivity contribution in [3.8, 4) is 34.5 Å². The Morgan fingerprint density at radius 3 is 2.35 bits per heavy atom. The second kappa shape index (κ2) is 9.73. The summed E-state index contributed by atoms with van der Waals surface area (Å²) in [6.07, 6.45) is 3.41. The van der Waals surface area contributed by atoms with Crippen molar-refractivity contribution in [2.24, 2.45) is 0 Å². The zero-order valence-corrected chi connectivity index (χ0v) is 20.7. The SMILES string of the molecule is COc1cc(C(=O)Oc2ccc3c(c2)OC(=CC2=Cc4ccccc4O[C@@H]2C)C3=O)cc(OC)c1OC. The topological polar surface area (TPSA) is 89.5 Å². The Bertz CT molecular complexity index is 1440. The van der Waals surface area contributed by atoms with Crippen molar-refractivity contribution < 1.29 is 38.0 Å². The second-order valence-corrected chi connectivity index (χ2v) is 8.34. The Morgan fingerprint density at radius 2 is 1.65 bits per heavy atom. The fourth-order valence-electron chi connectivity index (χ4n) is 4.17. The van der Waals surface area contributed by atoms with E-state index >= 15 is 0 Å². The third-order valence-corrected chi connectivity index (χ3v) is 6.06. The third-order valence-electron chi connectivity index (χ3n) is 6.06. The summed E-state index contributed by atoms with van der Waals surface area (Å²) in [7, 11) is 4.40. The van der Waals surface area contributed by atoms with Crippen LogP contribution in [0.4, 0.5) is 0 Å². The molecular formula is C29H24O8. The first kappa shape index (κ1) is 24.0. The largest absolute Gasteiger partial charge is 0.493 e. The summed E-state index contributed by atoms with van der Waals surface area (Å²) in [6, 6.07) is 15.3. The molecule has 3 aromatic rings. The van der Waals surface area contributed by atoms with Gasteiger partial charge in [-0.15, -0.1) is 0 Å². The van der Waals surface area contributed by atoms with Gasteiger partial charge < -0.3 is 28.4 Å². The van der Waals surface area contributed by atoms with Gasteiger partial charge in [0.05, 0.1) is 32.5 Å². The van der Waals surface area contributed by atoms with Crippen LogP contribution >= 0.6 is 0 Å². The van der Waals surface area contributed by atoms with Gasteiger partial charge in [0.1, 0.15) is 23.4 Å². The molecule has 0 spiro atoms. The number of hydrogen-bond donors (Lipinski definition) is 0. The highest BCUT2D eigenvalue weighted by molar-refractivity contribution is 6.12. The van der Waals surface area contributed by atoms with Crippen molar-refractivity contribution >= 4 is 17.8 Å². The number of benzene rings is 3. The Balaban J connectivity index is 1.37. The van der Waals surface area contributed by atoms with E-state index in [9.17, 15) is 9.59 Å². The van der Waals surface area contributed by atoms with E-state index in [2.05, 4.69) is 0 Å². The quantitative estimate of drug-likeness (QED) is 0.257. The first-order valence-corrected chi connectivity index (χ1v) is 11.5. The molecule has 0 aromatic heterocycles. The summed E-state index contributed by atoms with van der Waals surface area (Å²) in [4.78, 5) is 25.8. The lowest BCUT2D eigenvalue weighted by molar-refractivity contribution is 0.0733. The molecule has 8 nitrogen and oxygen atoms in total. The lowest BCUT2D eigenvalue weighted by Gasteiger charge is -2.22. The monoisotopic (exact) mass is 500 g/mol. The average molecular weight is 501 g/mol. The molecule has 2 aliphatic heterocycles. The van der Waals surface area contributed by atoms with Crippen molar-refractivity contribution in [1.82, 2.24) is 0 Å². The van der Waals surface area contributed by atoms with Crippen LogP contribution in [0.1, 0.15) is 33.2 Å². The molecule has 0 radical (unpaired) electrons. The number of fused-ring (bicyclic) bond motifs is 2. The molecule has 8 heteroatoms. The molecule has 188 valence electrons. The summed E-state index contributed by atoms with van der Waals surface area (Å²) < 4.78 is 33.3. The summed E-state index contributed by atoms with van der Waals surface area (Å²) in [5.74, 6) is 1.59. The van der Waals surface area contributed by atoms with Crippen LogP contribution in [0.15, 0.2) is 72.0 Å². The van der Waals surface area contributed by atoms with E-state index < -0.39 is 5.97 Å². The minimum absolute atomic E-state index is 0.171. The van der Waals surface area contributed by atoms with E-state index in [1.165, 1.54) is 39.5 Å². The molecule has 0 N–H and O–H groups in total. The number of ether oxygens (including phenoxy) is 6. The molecule has 0 saturated carbocycles. The second-order valence-electron chi connectivity index (χ2n) is 8.34. The van der Waals surface area contributed by atoms with Crippen molar-refractivity contribution in [2.45, 2.75) is 13.0 Å². The van der Waals surface area contributed by atoms with Crippen LogP contribution in [0.25, 0.3) is 6.08 Å². The molecule has 3 aromatic carbocycles. The van der Waals surface area contributed by atoms with E-state index in [4.69, 9.17) is 28.4 Å². The van der Waals surface area contributed by atoms with E-state index in [0.717, 1.165) is 16.9 Å². The van der Waals surface area contributed by atoms with Crippen LogP contribution in [-0.2, 0) is 0 Å². The third kappa shape index (κ3) is 4.49. The number of carbonyl (C=O) groups is 2. The van der Waals surface area contributed by atoms with Gasteiger partial charge in [-0.05, 0) is 55.0 Å². The fraction of sp³-hybridized carbons (Fsp3) is 0.172. The van der Waals surface area contributed by atoms with Gasteiger partial charge in [0.25, 0.3) is 0 Å². The van der Waals surface area contributed by atoms with Gasteiger partial charge in [-0.25, -0.2) is 4.79 Å². The van der Waals surface area contributed by atoms with Gasteiger partial charge in [-0.3, -0.25) is 4.79 Å². The van der Waals surface area contributed by atoms with Crippen LogP contribution in [0.3, 0.4) is 0 Å². The summed E-state index contributed by atoms with van der Waals surface area (Å²) in [6.45, 7) is 1.91. The predicted molar refractivity (Wildman–Crippen MR) is 135 cm³/mol. The molecule has 0 fully saturated rings. The smallest absolute Gasteiger partial charge is 0.343 e. The number of methoxy groups -OCH3 is 3. The van der Waals surface area contributed by atoms with E-state index in [0.29, 0.717) is 28.6 Å². The van der Waals surface area contributed by atoms with Crippen molar-refractivity contribution in [2.75, 3.05) is 21.3 Å². The van der Waals surface area contributed by atoms with E-state index in [1.54, 1.807) is 18.2 Å². The van der Waals surface area contributed by atoms with Crippen LogP contribution in [-0.4, -0.2) is 39.2 Å². The molecule has 0 aliphatic carbocycles. The van der Waals surface area contributed by atoms with Gasteiger partial charge in [-0.2, -0.15) is 0 Å². The normalized spacial score (nSPS) is 16.6. The molecule has 5 rings (SSSR count). The fourth-order valence-corrected chi connectivity index (χ4v) is 4.17. The Morgan fingerprint density at radius 1 is 0.919 bits per heavy atom. The van der Waals surface area contributed by atoms with Gasteiger partial charge in [0, 0.05) is 11.6 Å². The van der Waals surface area contributed by atoms with Gasteiger partial charge in [0.2, 0.25) is 11.5 Å². The number of allylic oxidation sites excluding steroid dienone is 1. The van der Waals surface area contributed by atoms with Crippen LogP contribution in [0, 0.1) is 0 Å². The van der Waals surface area contributed by atoms with E-state index in [1.807, 2.05) is 37.3 Å². The number of Topliss-reactive ketones (excluding diaryl/α,β-unsaturated/α-hetero) is 1. The standard InChI is InChI=1S/C29H24O8/c1-16-18(11-17-7-5-6-8-22(17)35-16)12-24-27(30)21-10-9-20(15-23(21)37-24)36-29(31)19-13-25(32-2)28(34-4)26(14-19)33-3/h5-16H,1-4H3/t16-/m1/s1. The van der Waals surface area contributed by atoms with Gasteiger partial charge in [0.15, 0.2) is 17.3 Å². The summed E-state index contributed by atoms with van der Waals surface area (Å²) >= 11 is 0. The first-order chi connectivity index (χ1) is 17.9. The highest BCUT2D eigenvalue weighted by atomic mass is 16.5. The lowest BCUT2D eigenvalue weighted by Crippen LogP contribution is -2.18. The van der Waals surface area contributed by atoms with Gasteiger partial charge >= 0.3 is 5.97 Å². The van der Waals surface area contributed by atoms with Crippen LogP contribution < -0.4 is 28.4 Å². The minimum Gasteiger partial charge on any atom is -0.493 e. The number of carbonyl (C=O) groups excluding carboxylic acids is 2. The molecule has 2 aliphatic rings. The van der Waals surface area contributed by atoms with Crippen molar-refractivity contribution in [3.05, 3.63) is 88.7 Å². The van der Waals surface area contributed by atoms with Crippen LogP contribution in [0.2, 0.25) is 0 Å². The van der Waals surface area contributed by atoms with Crippen LogP contribution in [0.5, 0.6) is 34.5 Å². The Labute approximate surface area is 213 Å². The Kier molecular flexibility index (Phi) is 6.31. The molecule has 0 saturated heterocycles. The molecule has 2 heterocycles. The maximum absolute atomic E-state index is 13.0. The average Bonchev–Trinajstić information content (AvgIpc) is 3.22. The number of esters is 1. The molecule has 0 unspecified atom stereocenters. The number of ketones is 1. The molecule has 37 heavy (non-hydrogen) atoms. The number of hydrogen-bond acceptors (Lipinski definition) is 8. The zero-order valence-electron chi connectivity index (χ0n) is 20.7. The Hall–Kier alpha value is -4.72. The molecular weight excluding hydrogens is 476 g/mol. The van der Waals surface area contributed by atoms with Gasteiger partial charge in [-0.1, -0.05) is 18.2 Å². The molecule has 0 bridgehead atoms. The first-order valence-electron chi connectivity index (χ1n) is 11.5.